The Labute approximate surface area is 351 Å². The molecule has 6 aromatic rings. The quantitative estimate of drug-likeness (QED) is 0.124. The van der Waals surface area contributed by atoms with Gasteiger partial charge in [0.2, 0.25) is 5.91 Å². The van der Waals surface area contributed by atoms with E-state index < -0.39 is 18.1 Å². The van der Waals surface area contributed by atoms with E-state index in [2.05, 4.69) is 21.3 Å². The lowest BCUT2D eigenvalue weighted by molar-refractivity contribution is -0.142. The second-order valence-electron chi connectivity index (χ2n) is 14.6. The zero-order chi connectivity index (χ0) is 40.9. The number of nitrogens with one attached hydrogen (secondary N) is 1. The third-order valence-corrected chi connectivity index (χ3v) is 11.3. The van der Waals surface area contributed by atoms with Crippen LogP contribution in [0, 0.1) is 11.3 Å². The van der Waals surface area contributed by atoms with E-state index in [0.717, 1.165) is 44.5 Å². The fourth-order valence-electron chi connectivity index (χ4n) is 7.37. The van der Waals surface area contributed by atoms with E-state index in [-0.39, 0.29) is 18.4 Å². The highest BCUT2D eigenvalue weighted by atomic mass is 35.5. The van der Waals surface area contributed by atoms with Crippen LogP contribution in [-0.4, -0.2) is 45.6 Å². The van der Waals surface area contributed by atoms with Crippen molar-refractivity contribution < 1.29 is 28.9 Å². The summed E-state index contributed by atoms with van der Waals surface area (Å²) in [5.74, 6) is 0.416. The SMILES string of the molecule is N#Cc1ccc(-c2ccc(C[C@H](NC(=O)C3Cc4cc5c(cc4CN3Cc3ccncc3)OC(c3ccc(OCc4ccc(Cl)c(Cl)c4)cc3)CO5)C(=O)O)cc2)cc1. The average molecular weight is 826 g/mol. The Kier molecular flexibility index (Phi) is 11.8. The number of carboxylic acid groups (broad SMARTS) is 1. The lowest BCUT2D eigenvalue weighted by Crippen LogP contribution is -2.54. The first-order valence-corrected chi connectivity index (χ1v) is 19.8. The number of nitriles is 1. The fourth-order valence-corrected chi connectivity index (χ4v) is 7.69. The molecule has 5 aromatic carbocycles. The van der Waals surface area contributed by atoms with Gasteiger partial charge >= 0.3 is 5.97 Å². The molecular formula is C47H38Cl2N4O6. The van der Waals surface area contributed by atoms with Crippen molar-refractivity contribution in [3.8, 4) is 34.4 Å². The number of halogens is 2. The molecule has 2 aliphatic heterocycles. The molecule has 296 valence electrons. The van der Waals surface area contributed by atoms with Crippen molar-refractivity contribution in [3.63, 3.8) is 0 Å². The molecule has 12 heteroatoms. The van der Waals surface area contributed by atoms with E-state index in [1.165, 1.54) is 0 Å². The maximum Gasteiger partial charge on any atom is 0.326 e. The fraction of sp³-hybridized carbons (Fsp3) is 0.191. The number of ether oxygens (including phenoxy) is 3. The van der Waals surface area contributed by atoms with E-state index in [1.807, 2.05) is 91.0 Å². The van der Waals surface area contributed by atoms with Gasteiger partial charge in [-0.1, -0.05) is 77.8 Å². The number of hydrogen-bond donors (Lipinski definition) is 2. The van der Waals surface area contributed by atoms with Crippen molar-refractivity contribution in [2.24, 2.45) is 0 Å². The molecule has 0 bridgehead atoms. The zero-order valence-electron chi connectivity index (χ0n) is 31.7. The molecule has 2 aliphatic rings. The van der Waals surface area contributed by atoms with Crippen LogP contribution in [0.2, 0.25) is 10.0 Å². The first-order valence-electron chi connectivity index (χ1n) is 19.1. The summed E-state index contributed by atoms with van der Waals surface area (Å²) in [5.41, 5.74) is 7.96. The summed E-state index contributed by atoms with van der Waals surface area (Å²) >= 11 is 12.2. The molecule has 3 atom stereocenters. The lowest BCUT2D eigenvalue weighted by Gasteiger charge is -2.37. The van der Waals surface area contributed by atoms with E-state index in [4.69, 9.17) is 42.7 Å². The number of amides is 1. The first kappa shape index (κ1) is 39.4. The minimum Gasteiger partial charge on any atom is -0.489 e. The van der Waals surface area contributed by atoms with Crippen LogP contribution < -0.4 is 19.5 Å². The number of carboxylic acids is 1. The van der Waals surface area contributed by atoms with Crippen molar-refractivity contribution in [1.82, 2.24) is 15.2 Å². The van der Waals surface area contributed by atoms with Gasteiger partial charge < -0.3 is 24.6 Å². The van der Waals surface area contributed by atoms with E-state index >= 15 is 0 Å². The van der Waals surface area contributed by atoms with E-state index in [9.17, 15) is 14.7 Å². The Morgan fingerprint density at radius 3 is 2.24 bits per heavy atom. The van der Waals surface area contributed by atoms with Crippen molar-refractivity contribution in [1.29, 1.82) is 5.26 Å². The van der Waals surface area contributed by atoms with Gasteiger partial charge in [-0.2, -0.15) is 5.26 Å². The Bertz CT molecular complexity index is 2510. The smallest absolute Gasteiger partial charge is 0.326 e. The van der Waals surface area contributed by atoms with Gasteiger partial charge in [-0.3, -0.25) is 14.7 Å². The van der Waals surface area contributed by atoms with Crippen molar-refractivity contribution >= 4 is 35.1 Å². The van der Waals surface area contributed by atoms with Crippen LogP contribution >= 0.6 is 23.2 Å². The minimum atomic E-state index is -1.15. The second-order valence-corrected chi connectivity index (χ2v) is 15.4. The number of hydrogen-bond acceptors (Lipinski definition) is 8. The Morgan fingerprint density at radius 1 is 0.847 bits per heavy atom. The van der Waals surface area contributed by atoms with Crippen molar-refractivity contribution in [2.45, 2.75) is 50.7 Å². The topological polar surface area (TPSA) is 134 Å². The number of pyridine rings is 1. The molecule has 59 heavy (non-hydrogen) atoms. The number of aliphatic carboxylic acids is 1. The molecule has 0 saturated carbocycles. The molecule has 1 aromatic heterocycles. The molecule has 3 heterocycles. The maximum atomic E-state index is 14.1. The number of fused-ring (bicyclic) bond motifs is 2. The van der Waals surface area contributed by atoms with Gasteiger partial charge in [-0.25, -0.2) is 4.79 Å². The Morgan fingerprint density at radius 2 is 1.54 bits per heavy atom. The summed E-state index contributed by atoms with van der Waals surface area (Å²) < 4.78 is 18.7. The number of nitrogens with zero attached hydrogens (tertiary/aromatic N) is 3. The second kappa shape index (κ2) is 17.6. The van der Waals surface area contributed by atoms with Crippen LogP contribution in [0.3, 0.4) is 0 Å². The molecular weight excluding hydrogens is 787 g/mol. The normalized spacial score (nSPS) is 16.3. The lowest BCUT2D eigenvalue weighted by atomic mass is 9.91. The van der Waals surface area contributed by atoms with Gasteiger partial charge in [0.15, 0.2) is 17.6 Å². The molecule has 0 saturated heterocycles. The van der Waals surface area contributed by atoms with Crippen LogP contribution in [0.15, 0.2) is 128 Å². The van der Waals surface area contributed by atoms with Gasteiger partial charge in [-0.05, 0) is 112 Å². The zero-order valence-corrected chi connectivity index (χ0v) is 33.2. The molecule has 0 fully saturated rings. The summed E-state index contributed by atoms with van der Waals surface area (Å²) in [5, 5.41) is 23.2. The van der Waals surface area contributed by atoms with Gasteiger partial charge in [0, 0.05) is 31.9 Å². The molecule has 2 unspecified atom stereocenters. The molecule has 0 radical (unpaired) electrons. The van der Waals surface area contributed by atoms with Crippen molar-refractivity contribution in [2.75, 3.05) is 6.61 Å². The van der Waals surface area contributed by atoms with Gasteiger partial charge in [0.25, 0.3) is 0 Å². The van der Waals surface area contributed by atoms with Crippen molar-refractivity contribution in [3.05, 3.63) is 177 Å². The number of carbonyl (C=O) groups excluding carboxylic acids is 1. The predicted octanol–water partition coefficient (Wildman–Crippen LogP) is 8.76. The third-order valence-electron chi connectivity index (χ3n) is 10.6. The molecule has 10 nitrogen and oxygen atoms in total. The van der Waals surface area contributed by atoms with Crippen LogP contribution in [0.5, 0.6) is 17.2 Å². The molecule has 0 spiro atoms. The predicted molar refractivity (Wildman–Crippen MR) is 223 cm³/mol. The summed E-state index contributed by atoms with van der Waals surface area (Å²) in [6.07, 6.45) is 3.54. The molecule has 1 amide bonds. The van der Waals surface area contributed by atoms with Crippen LogP contribution in [0.4, 0.5) is 0 Å². The van der Waals surface area contributed by atoms with Gasteiger partial charge in [0.05, 0.1) is 27.7 Å². The highest BCUT2D eigenvalue weighted by Crippen LogP contribution is 2.41. The minimum absolute atomic E-state index is 0.108. The number of aromatic nitrogens is 1. The number of rotatable bonds is 12. The maximum absolute atomic E-state index is 14.1. The largest absolute Gasteiger partial charge is 0.489 e. The summed E-state index contributed by atoms with van der Waals surface area (Å²) in [6, 6.07) is 36.0. The van der Waals surface area contributed by atoms with Gasteiger partial charge in [0.1, 0.15) is 25.0 Å². The first-order chi connectivity index (χ1) is 28.7. The number of carbonyl (C=O) groups is 2. The Balaban J connectivity index is 0.955. The average Bonchev–Trinajstić information content (AvgIpc) is 3.26. The highest BCUT2D eigenvalue weighted by molar-refractivity contribution is 6.42. The highest BCUT2D eigenvalue weighted by Gasteiger charge is 2.36. The number of benzene rings is 5. The van der Waals surface area contributed by atoms with Crippen LogP contribution in [0.25, 0.3) is 11.1 Å². The van der Waals surface area contributed by atoms with Gasteiger partial charge in [-0.15, -0.1) is 0 Å². The van der Waals surface area contributed by atoms with Crippen LogP contribution in [-0.2, 0) is 42.1 Å². The Hall–Kier alpha value is -6.38. The summed E-state index contributed by atoms with van der Waals surface area (Å²) in [7, 11) is 0. The molecule has 0 aliphatic carbocycles. The molecule has 8 rings (SSSR count). The van der Waals surface area contributed by atoms with Crippen LogP contribution in [0.1, 0.15) is 45.0 Å². The van der Waals surface area contributed by atoms with E-state index in [0.29, 0.717) is 65.6 Å². The standard InChI is InChI=1S/C47H38Cl2N4O6/c48-39-14-5-32(19-40(39)49)27-57-38-12-10-35(11-13-38)45-28-58-43-22-36-21-42(53(25-31-15-17-51-18-16-31)26-37(36)23-44(43)59-45)46(54)52-41(47(55)56)20-29-1-6-33(7-2-29)34-8-3-30(24-50)4-9-34/h1-19,22-23,41-42,45H,20-21,25-28H2,(H,52,54)(H,55,56)/t41-,42?,45?/m0/s1. The molecule has 2 N–H and O–H groups in total. The monoisotopic (exact) mass is 824 g/mol. The summed E-state index contributed by atoms with van der Waals surface area (Å²) in [4.78, 5) is 32.9. The van der Waals surface area contributed by atoms with E-state index in [1.54, 1.807) is 36.7 Å². The summed E-state index contributed by atoms with van der Waals surface area (Å²) in [6.45, 7) is 1.51. The third kappa shape index (κ3) is 9.35.